The van der Waals surface area contributed by atoms with Crippen LogP contribution in [0.15, 0.2) is 71.6 Å². The number of amides is 1. The number of rotatable bonds is 9. The molecule has 4 rings (SSSR count). The van der Waals surface area contributed by atoms with Crippen molar-refractivity contribution in [3.63, 3.8) is 0 Å². The summed E-state index contributed by atoms with van der Waals surface area (Å²) in [4.78, 5) is 21.1. The lowest BCUT2D eigenvalue weighted by molar-refractivity contribution is 0.0985. The van der Waals surface area contributed by atoms with Crippen LogP contribution in [0, 0.1) is 11.6 Å². The number of carbonyl (C=O) groups is 1. The molecule has 0 fully saturated rings. The van der Waals surface area contributed by atoms with E-state index in [0.29, 0.717) is 12.2 Å². The average Bonchev–Trinajstić information content (AvgIpc) is 3.29. The number of benzene rings is 3. The molecule has 4 aromatic rings. The summed E-state index contributed by atoms with van der Waals surface area (Å²) >= 11 is 1.01. The summed E-state index contributed by atoms with van der Waals surface area (Å²) in [7, 11) is -0.154. The topological polar surface area (TPSA) is 73.8 Å². The van der Waals surface area contributed by atoms with Gasteiger partial charge in [0.15, 0.2) is 10.9 Å². The number of halogens is 3. The van der Waals surface area contributed by atoms with Crippen molar-refractivity contribution in [2.45, 2.75) is 11.8 Å². The Bertz CT molecular complexity index is 1520. The molecule has 0 saturated heterocycles. The first kappa shape index (κ1) is 29.4. The van der Waals surface area contributed by atoms with Crippen molar-refractivity contribution in [1.29, 1.82) is 0 Å². The highest BCUT2D eigenvalue weighted by atomic mass is 35.5. The van der Waals surface area contributed by atoms with E-state index in [1.54, 1.807) is 31.2 Å². The fraction of sp³-hybridized carbons (Fsp3) is 0.231. The molecule has 0 unspecified atom stereocenters. The molecule has 0 saturated carbocycles. The van der Waals surface area contributed by atoms with Crippen LogP contribution in [0.25, 0.3) is 10.2 Å². The molecule has 0 bridgehead atoms. The number of carbonyl (C=O) groups excluding carboxylic acids is 1. The Hall–Kier alpha value is -3.12. The standard InChI is InChI=1S/C26H26F2N4O3S2.ClH/c1-4-32(20-8-6-5-7-9-20)37(34,35)21-12-10-18(11-13-21)25(33)31(15-14-30(2)3)26-29-24-22(28)16-19(27)17-23(24)36-26;/h5-13,16-17H,4,14-15H2,1-3H3;1H. The summed E-state index contributed by atoms with van der Waals surface area (Å²) in [5.41, 5.74) is 0.775. The van der Waals surface area contributed by atoms with E-state index in [1.165, 1.54) is 39.5 Å². The molecule has 3 aromatic carbocycles. The molecule has 1 heterocycles. The van der Waals surface area contributed by atoms with Crippen molar-refractivity contribution >= 4 is 60.7 Å². The normalized spacial score (nSPS) is 11.4. The van der Waals surface area contributed by atoms with Crippen LogP contribution in [0.4, 0.5) is 19.6 Å². The van der Waals surface area contributed by atoms with Crippen molar-refractivity contribution in [3.05, 3.63) is 83.9 Å². The predicted octanol–water partition coefficient (Wildman–Crippen LogP) is 5.42. The van der Waals surface area contributed by atoms with Crippen LogP contribution in [0.5, 0.6) is 0 Å². The number of hydrogen-bond donors (Lipinski definition) is 0. The highest BCUT2D eigenvalue weighted by Crippen LogP contribution is 2.32. The molecule has 12 heteroatoms. The second kappa shape index (κ2) is 12.2. The van der Waals surface area contributed by atoms with Crippen LogP contribution in [0.1, 0.15) is 17.3 Å². The van der Waals surface area contributed by atoms with Gasteiger partial charge in [-0.25, -0.2) is 22.2 Å². The Morgan fingerprint density at radius 2 is 1.63 bits per heavy atom. The van der Waals surface area contributed by atoms with Crippen LogP contribution < -0.4 is 9.21 Å². The second-order valence-corrected chi connectivity index (χ2v) is 11.4. The Morgan fingerprint density at radius 3 is 2.24 bits per heavy atom. The Labute approximate surface area is 230 Å². The van der Waals surface area contributed by atoms with Crippen LogP contribution >= 0.6 is 23.7 Å². The molecule has 1 amide bonds. The smallest absolute Gasteiger partial charge is 0.264 e. The minimum absolute atomic E-state index is 0. The number of fused-ring (bicyclic) bond motifs is 1. The molecule has 0 aliphatic carbocycles. The summed E-state index contributed by atoms with van der Waals surface area (Å²) in [6, 6.07) is 16.4. The lowest BCUT2D eigenvalue weighted by Gasteiger charge is -2.24. The van der Waals surface area contributed by atoms with E-state index in [1.807, 2.05) is 25.1 Å². The molecule has 0 spiro atoms. The van der Waals surface area contributed by atoms with Gasteiger partial charge in [-0.05, 0) is 63.5 Å². The van der Waals surface area contributed by atoms with Gasteiger partial charge in [0.05, 0.1) is 15.3 Å². The molecule has 38 heavy (non-hydrogen) atoms. The number of aromatic nitrogens is 1. The molecule has 0 aliphatic rings. The van der Waals surface area contributed by atoms with Crippen molar-refractivity contribution in [2.24, 2.45) is 0 Å². The van der Waals surface area contributed by atoms with Crippen LogP contribution in [0.3, 0.4) is 0 Å². The maximum Gasteiger partial charge on any atom is 0.264 e. The summed E-state index contributed by atoms with van der Waals surface area (Å²) in [6.07, 6.45) is 0. The number of hydrogen-bond acceptors (Lipinski definition) is 6. The van der Waals surface area contributed by atoms with E-state index in [2.05, 4.69) is 4.98 Å². The van der Waals surface area contributed by atoms with Gasteiger partial charge in [0.25, 0.3) is 15.9 Å². The lowest BCUT2D eigenvalue weighted by atomic mass is 10.2. The molecule has 1 aromatic heterocycles. The third kappa shape index (κ3) is 6.12. The summed E-state index contributed by atoms with van der Waals surface area (Å²) in [5.74, 6) is -1.95. The van der Waals surface area contributed by atoms with Gasteiger partial charge in [0, 0.05) is 31.3 Å². The van der Waals surface area contributed by atoms with Crippen molar-refractivity contribution in [1.82, 2.24) is 9.88 Å². The van der Waals surface area contributed by atoms with E-state index >= 15 is 0 Å². The predicted molar refractivity (Wildman–Crippen MR) is 150 cm³/mol. The lowest BCUT2D eigenvalue weighted by Crippen LogP contribution is -2.36. The number of nitrogens with zero attached hydrogens (tertiary/aromatic N) is 4. The van der Waals surface area contributed by atoms with Gasteiger partial charge >= 0.3 is 0 Å². The Kier molecular flexibility index (Phi) is 9.42. The molecule has 0 N–H and O–H groups in total. The average molecular weight is 581 g/mol. The van der Waals surface area contributed by atoms with Gasteiger partial charge in [-0.3, -0.25) is 14.0 Å². The third-order valence-corrected chi connectivity index (χ3v) is 8.61. The number of anilines is 2. The first-order valence-corrected chi connectivity index (χ1v) is 13.8. The fourth-order valence-electron chi connectivity index (χ4n) is 3.78. The van der Waals surface area contributed by atoms with Gasteiger partial charge in [0.1, 0.15) is 11.3 Å². The quantitative estimate of drug-likeness (QED) is 0.264. The SMILES string of the molecule is CCN(c1ccccc1)S(=O)(=O)c1ccc(C(=O)N(CCN(C)C)c2nc3c(F)cc(F)cc3s2)cc1.Cl. The van der Waals surface area contributed by atoms with Gasteiger partial charge in [-0.2, -0.15) is 0 Å². The summed E-state index contributed by atoms with van der Waals surface area (Å²) in [5, 5.41) is 0.226. The molecular weight excluding hydrogens is 554 g/mol. The van der Waals surface area contributed by atoms with E-state index < -0.39 is 27.6 Å². The van der Waals surface area contributed by atoms with Crippen LogP contribution in [-0.2, 0) is 10.0 Å². The van der Waals surface area contributed by atoms with E-state index in [4.69, 9.17) is 0 Å². The monoisotopic (exact) mass is 580 g/mol. The Balaban J connectivity index is 0.00000400. The first-order chi connectivity index (χ1) is 17.6. The van der Waals surface area contributed by atoms with E-state index in [9.17, 15) is 22.0 Å². The maximum atomic E-state index is 14.3. The molecule has 0 radical (unpaired) electrons. The first-order valence-electron chi connectivity index (χ1n) is 11.5. The largest absolute Gasteiger partial charge is 0.308 e. The number of thiazole rings is 1. The van der Waals surface area contributed by atoms with Gasteiger partial charge < -0.3 is 4.90 Å². The van der Waals surface area contributed by atoms with Gasteiger partial charge in [-0.15, -0.1) is 12.4 Å². The minimum Gasteiger partial charge on any atom is -0.308 e. The number of likely N-dealkylation sites (N-methyl/N-ethyl adjacent to an activating group) is 1. The Morgan fingerprint density at radius 1 is 0.974 bits per heavy atom. The zero-order valence-corrected chi connectivity index (χ0v) is 23.4. The number of para-hydroxylation sites is 1. The van der Waals surface area contributed by atoms with Crippen LogP contribution in [-0.4, -0.2) is 57.9 Å². The molecule has 202 valence electrons. The maximum absolute atomic E-state index is 14.3. The van der Waals surface area contributed by atoms with Gasteiger partial charge in [0.2, 0.25) is 0 Å². The second-order valence-electron chi connectivity index (χ2n) is 8.52. The zero-order chi connectivity index (χ0) is 26.7. The van der Waals surface area contributed by atoms with E-state index in [0.717, 1.165) is 17.4 Å². The molecule has 0 atom stereocenters. The third-order valence-electron chi connectivity index (χ3n) is 5.67. The minimum atomic E-state index is -3.85. The molecule has 7 nitrogen and oxygen atoms in total. The summed E-state index contributed by atoms with van der Waals surface area (Å²) < 4.78 is 56.1. The van der Waals surface area contributed by atoms with Crippen LogP contribution in [0.2, 0.25) is 0 Å². The van der Waals surface area contributed by atoms with Gasteiger partial charge in [-0.1, -0.05) is 29.5 Å². The summed E-state index contributed by atoms with van der Waals surface area (Å²) in [6.45, 7) is 2.72. The zero-order valence-electron chi connectivity index (χ0n) is 21.0. The highest BCUT2D eigenvalue weighted by Gasteiger charge is 2.26. The van der Waals surface area contributed by atoms with E-state index in [-0.39, 0.29) is 51.3 Å². The fourth-order valence-corrected chi connectivity index (χ4v) is 6.29. The number of sulfonamides is 1. The highest BCUT2D eigenvalue weighted by molar-refractivity contribution is 7.92. The van der Waals surface area contributed by atoms with Crippen molar-refractivity contribution < 1.29 is 22.0 Å². The van der Waals surface area contributed by atoms with Crippen molar-refractivity contribution in [2.75, 3.05) is 42.9 Å². The molecular formula is C26H27ClF2N4O3S2. The molecule has 0 aliphatic heterocycles. The van der Waals surface area contributed by atoms with Crippen molar-refractivity contribution in [3.8, 4) is 0 Å².